The predicted molar refractivity (Wildman–Crippen MR) is 81.2 cm³/mol. The predicted octanol–water partition coefficient (Wildman–Crippen LogP) is 1.62. The van der Waals surface area contributed by atoms with Crippen molar-refractivity contribution in [3.05, 3.63) is 34.3 Å². The quantitative estimate of drug-likeness (QED) is 0.930. The van der Waals surface area contributed by atoms with Crippen molar-refractivity contribution in [1.29, 1.82) is 0 Å². The Morgan fingerprint density at radius 2 is 2.18 bits per heavy atom. The van der Waals surface area contributed by atoms with Crippen LogP contribution in [0.25, 0.3) is 0 Å². The molecule has 1 unspecified atom stereocenters. The van der Waals surface area contributed by atoms with Crippen LogP contribution in [-0.2, 0) is 10.3 Å². The fourth-order valence-corrected chi connectivity index (χ4v) is 3.66. The van der Waals surface area contributed by atoms with E-state index in [1.54, 1.807) is 0 Å². The highest BCUT2D eigenvalue weighted by Crippen LogP contribution is 2.35. The van der Waals surface area contributed by atoms with Gasteiger partial charge in [-0.25, -0.2) is 19.3 Å². The van der Waals surface area contributed by atoms with Gasteiger partial charge in [-0.3, -0.25) is 4.79 Å². The monoisotopic (exact) mass is 321 g/mol. The molecule has 1 fully saturated rings. The second-order valence-electron chi connectivity index (χ2n) is 5.43. The molecule has 1 atom stereocenters. The van der Waals surface area contributed by atoms with Crippen molar-refractivity contribution in [3.63, 3.8) is 0 Å². The smallest absolute Gasteiger partial charge is 0.225 e. The molecule has 1 N–H and O–H groups in total. The zero-order valence-electron chi connectivity index (χ0n) is 12.3. The van der Waals surface area contributed by atoms with Crippen molar-refractivity contribution in [3.8, 4) is 0 Å². The molecular weight excluding hydrogens is 305 g/mol. The lowest BCUT2D eigenvalue weighted by molar-refractivity contribution is -0.120. The Kier molecular flexibility index (Phi) is 3.78. The maximum absolute atomic E-state index is 13.0. The van der Waals surface area contributed by atoms with Crippen molar-refractivity contribution < 1.29 is 9.18 Å². The summed E-state index contributed by atoms with van der Waals surface area (Å²) in [6.45, 7) is 4.62. The second-order valence-corrected chi connectivity index (χ2v) is 6.29. The summed E-state index contributed by atoms with van der Waals surface area (Å²) >= 11 is 1.53. The normalized spacial score (nSPS) is 21.1. The van der Waals surface area contributed by atoms with E-state index in [4.69, 9.17) is 0 Å². The molecule has 22 heavy (non-hydrogen) atoms. The molecule has 116 valence electrons. The van der Waals surface area contributed by atoms with Crippen molar-refractivity contribution in [2.45, 2.75) is 25.8 Å². The molecule has 3 rings (SSSR count). The SMILES string of the molecule is CC(=O)NC1(c2nc(C)cs2)CCN(c2ncc(F)cn2)C1. The maximum Gasteiger partial charge on any atom is 0.225 e. The molecule has 1 aliphatic heterocycles. The van der Waals surface area contributed by atoms with Gasteiger partial charge in [0.15, 0.2) is 5.82 Å². The number of anilines is 1. The number of aromatic nitrogens is 3. The number of nitrogens with one attached hydrogen (secondary N) is 1. The van der Waals surface area contributed by atoms with Crippen LogP contribution in [0, 0.1) is 12.7 Å². The van der Waals surface area contributed by atoms with Gasteiger partial charge in [0.1, 0.15) is 10.5 Å². The van der Waals surface area contributed by atoms with Gasteiger partial charge < -0.3 is 10.2 Å². The first-order valence-electron chi connectivity index (χ1n) is 6.92. The fraction of sp³-hybridized carbons (Fsp3) is 0.429. The molecule has 1 saturated heterocycles. The molecule has 0 aliphatic carbocycles. The number of halogens is 1. The Labute approximate surface area is 131 Å². The minimum absolute atomic E-state index is 0.102. The third-order valence-electron chi connectivity index (χ3n) is 3.60. The maximum atomic E-state index is 13.0. The van der Waals surface area contributed by atoms with Gasteiger partial charge in [-0.2, -0.15) is 0 Å². The fourth-order valence-electron chi connectivity index (χ4n) is 2.69. The molecule has 6 nitrogen and oxygen atoms in total. The van der Waals surface area contributed by atoms with Gasteiger partial charge in [0.2, 0.25) is 11.9 Å². The number of rotatable bonds is 3. The molecule has 0 radical (unpaired) electrons. The molecule has 0 saturated carbocycles. The van der Waals surface area contributed by atoms with Crippen molar-refractivity contribution in [2.75, 3.05) is 18.0 Å². The largest absolute Gasteiger partial charge is 0.343 e. The van der Waals surface area contributed by atoms with E-state index in [1.807, 2.05) is 17.2 Å². The van der Waals surface area contributed by atoms with Crippen LogP contribution in [-0.4, -0.2) is 33.9 Å². The molecule has 1 amide bonds. The van der Waals surface area contributed by atoms with Crippen LogP contribution in [0.15, 0.2) is 17.8 Å². The average molecular weight is 321 g/mol. The summed E-state index contributed by atoms with van der Waals surface area (Å²) in [7, 11) is 0. The number of carbonyl (C=O) groups excluding carboxylic acids is 1. The first kappa shape index (κ1) is 14.8. The highest BCUT2D eigenvalue weighted by molar-refractivity contribution is 7.09. The third-order valence-corrected chi connectivity index (χ3v) is 4.77. The van der Waals surface area contributed by atoms with Gasteiger partial charge in [-0.1, -0.05) is 0 Å². The number of carbonyl (C=O) groups is 1. The highest BCUT2D eigenvalue weighted by atomic mass is 32.1. The van der Waals surface area contributed by atoms with Crippen LogP contribution in [0.4, 0.5) is 10.3 Å². The molecule has 0 aromatic carbocycles. The van der Waals surface area contributed by atoms with Crippen LogP contribution in [0.3, 0.4) is 0 Å². The first-order chi connectivity index (χ1) is 10.5. The topological polar surface area (TPSA) is 71.0 Å². The summed E-state index contributed by atoms with van der Waals surface area (Å²) in [6.07, 6.45) is 3.00. The van der Waals surface area contributed by atoms with Crippen LogP contribution < -0.4 is 10.2 Å². The summed E-state index contributed by atoms with van der Waals surface area (Å²) in [5, 5.41) is 5.88. The van der Waals surface area contributed by atoms with Gasteiger partial charge in [-0.15, -0.1) is 11.3 Å². The van der Waals surface area contributed by atoms with Gasteiger partial charge >= 0.3 is 0 Å². The summed E-state index contributed by atoms with van der Waals surface area (Å²) < 4.78 is 13.0. The van der Waals surface area contributed by atoms with E-state index in [2.05, 4.69) is 20.3 Å². The van der Waals surface area contributed by atoms with E-state index < -0.39 is 11.4 Å². The van der Waals surface area contributed by atoms with Crippen molar-refractivity contribution in [2.24, 2.45) is 0 Å². The molecule has 8 heteroatoms. The first-order valence-corrected chi connectivity index (χ1v) is 7.80. The van der Waals surface area contributed by atoms with Crippen LogP contribution in [0.5, 0.6) is 0 Å². The Morgan fingerprint density at radius 3 is 2.77 bits per heavy atom. The van der Waals surface area contributed by atoms with E-state index in [0.29, 0.717) is 25.5 Å². The number of aryl methyl sites for hydroxylation is 1. The minimum Gasteiger partial charge on any atom is -0.343 e. The van der Waals surface area contributed by atoms with E-state index >= 15 is 0 Å². The lowest BCUT2D eigenvalue weighted by Gasteiger charge is -2.28. The Bertz CT molecular complexity index is 689. The van der Waals surface area contributed by atoms with E-state index in [9.17, 15) is 9.18 Å². The Morgan fingerprint density at radius 1 is 1.45 bits per heavy atom. The van der Waals surface area contributed by atoms with E-state index in [-0.39, 0.29) is 5.91 Å². The van der Waals surface area contributed by atoms with Crippen molar-refractivity contribution >= 4 is 23.2 Å². The average Bonchev–Trinajstić information content (AvgIpc) is 3.07. The summed E-state index contributed by atoms with van der Waals surface area (Å²) in [5.41, 5.74) is 0.392. The van der Waals surface area contributed by atoms with Crippen molar-refractivity contribution in [1.82, 2.24) is 20.3 Å². The number of amides is 1. The third kappa shape index (κ3) is 2.78. The van der Waals surface area contributed by atoms with Gasteiger partial charge in [0.25, 0.3) is 0 Å². The zero-order valence-corrected chi connectivity index (χ0v) is 13.2. The number of hydrogen-bond acceptors (Lipinski definition) is 6. The van der Waals surface area contributed by atoms with E-state index in [0.717, 1.165) is 23.1 Å². The van der Waals surface area contributed by atoms with Gasteiger partial charge in [0.05, 0.1) is 18.9 Å². The number of hydrogen-bond donors (Lipinski definition) is 1. The lowest BCUT2D eigenvalue weighted by atomic mass is 9.99. The van der Waals surface area contributed by atoms with Gasteiger partial charge in [-0.05, 0) is 13.3 Å². The standard InChI is InChI=1S/C14H16FN5OS/c1-9-7-22-12(18-9)14(19-10(2)21)3-4-20(8-14)13-16-5-11(15)6-17-13/h5-7H,3-4,8H2,1-2H3,(H,19,21). The number of thiazole rings is 1. The number of nitrogens with zero attached hydrogens (tertiary/aromatic N) is 4. The summed E-state index contributed by atoms with van der Waals surface area (Å²) in [5.74, 6) is -0.108. The molecule has 0 bridgehead atoms. The highest BCUT2D eigenvalue weighted by Gasteiger charge is 2.43. The minimum atomic E-state index is -0.539. The van der Waals surface area contributed by atoms with Crippen LogP contribution in [0.1, 0.15) is 24.0 Å². The summed E-state index contributed by atoms with van der Waals surface area (Å²) in [4.78, 5) is 26.1. The molecule has 1 aliphatic rings. The Hall–Kier alpha value is -2.09. The lowest BCUT2D eigenvalue weighted by Crippen LogP contribution is -2.47. The second kappa shape index (κ2) is 5.60. The Balaban J connectivity index is 1.89. The van der Waals surface area contributed by atoms with E-state index in [1.165, 1.54) is 18.3 Å². The zero-order chi connectivity index (χ0) is 15.7. The van der Waals surface area contributed by atoms with Crippen LogP contribution >= 0.6 is 11.3 Å². The molecule has 0 spiro atoms. The van der Waals surface area contributed by atoms with Gasteiger partial charge in [0, 0.05) is 24.5 Å². The molecule has 2 aromatic heterocycles. The summed E-state index contributed by atoms with van der Waals surface area (Å²) in [6, 6.07) is 0. The van der Waals surface area contributed by atoms with Crippen LogP contribution in [0.2, 0.25) is 0 Å². The molecule has 3 heterocycles. The molecule has 2 aromatic rings. The molecular formula is C14H16FN5OS.